The molecule has 1 aromatic rings. The van der Waals surface area contributed by atoms with Gasteiger partial charge in [-0.2, -0.15) is 0 Å². The molecule has 2 saturated heterocycles. The maximum absolute atomic E-state index is 15.0. The van der Waals surface area contributed by atoms with E-state index >= 15 is 4.39 Å². The summed E-state index contributed by atoms with van der Waals surface area (Å²) in [5.74, 6) is -0.771. The highest BCUT2D eigenvalue weighted by atomic mass is 19.1. The van der Waals surface area contributed by atoms with Crippen LogP contribution in [0.2, 0.25) is 0 Å². The largest absolute Gasteiger partial charge is 0.340 e. The van der Waals surface area contributed by atoms with Crippen molar-refractivity contribution in [2.75, 3.05) is 58.9 Å². The molecule has 1 aromatic carbocycles. The summed E-state index contributed by atoms with van der Waals surface area (Å²) in [5, 5.41) is 0. The number of likely N-dealkylation sites (N-methyl/N-ethyl adjacent to an activating group) is 1. The topological polar surface area (TPSA) is 30.0 Å². The van der Waals surface area contributed by atoms with Gasteiger partial charge in [0.1, 0.15) is 11.6 Å². The molecule has 3 atom stereocenters. The van der Waals surface area contributed by atoms with E-state index in [1.807, 2.05) is 4.90 Å². The van der Waals surface area contributed by atoms with Crippen molar-refractivity contribution in [3.63, 3.8) is 0 Å². The average molecular weight is 547 g/mol. The van der Waals surface area contributed by atoms with Crippen molar-refractivity contribution in [2.24, 2.45) is 11.8 Å². The minimum atomic E-state index is -0.573. The molecule has 3 unspecified atom stereocenters. The molecule has 0 N–H and O–H groups in total. The summed E-state index contributed by atoms with van der Waals surface area (Å²) in [6, 6.07) is 4.41. The lowest BCUT2D eigenvalue weighted by molar-refractivity contribution is -0.141. The van der Waals surface area contributed by atoms with Crippen LogP contribution >= 0.6 is 0 Å². The molecular formula is C32H52F2N4O. The maximum atomic E-state index is 15.0. The Labute approximate surface area is 235 Å². The van der Waals surface area contributed by atoms with E-state index in [2.05, 4.69) is 49.3 Å². The van der Waals surface area contributed by atoms with Crippen molar-refractivity contribution >= 4 is 5.91 Å². The minimum Gasteiger partial charge on any atom is -0.340 e. The molecule has 1 amide bonds. The molecule has 7 heteroatoms. The van der Waals surface area contributed by atoms with Crippen LogP contribution in [0.15, 0.2) is 18.2 Å². The molecule has 4 rings (SSSR count). The molecule has 0 aromatic heterocycles. The summed E-state index contributed by atoms with van der Waals surface area (Å²) in [6.07, 6.45) is 7.38. The third-order valence-electron chi connectivity index (χ3n) is 9.87. The van der Waals surface area contributed by atoms with Gasteiger partial charge in [-0.05, 0) is 77.2 Å². The molecule has 2 heterocycles. The lowest BCUT2D eigenvalue weighted by atomic mass is 9.78. The Morgan fingerprint density at radius 1 is 0.974 bits per heavy atom. The van der Waals surface area contributed by atoms with Gasteiger partial charge in [0.15, 0.2) is 0 Å². The van der Waals surface area contributed by atoms with E-state index in [0.717, 1.165) is 64.3 Å². The third-order valence-corrected chi connectivity index (χ3v) is 9.87. The second kappa shape index (κ2) is 13.4. The number of halogens is 2. The van der Waals surface area contributed by atoms with E-state index in [4.69, 9.17) is 0 Å². The van der Waals surface area contributed by atoms with Crippen LogP contribution in [0.5, 0.6) is 0 Å². The first-order valence-corrected chi connectivity index (χ1v) is 15.6. The fourth-order valence-corrected chi connectivity index (χ4v) is 7.31. The van der Waals surface area contributed by atoms with E-state index < -0.39 is 11.6 Å². The van der Waals surface area contributed by atoms with Crippen LogP contribution in [0, 0.1) is 23.5 Å². The fraction of sp³-hybridized carbons (Fsp3) is 0.781. The van der Waals surface area contributed by atoms with E-state index in [9.17, 15) is 9.18 Å². The number of rotatable bonds is 8. The first-order valence-electron chi connectivity index (χ1n) is 15.6. The second-order valence-electron chi connectivity index (χ2n) is 13.1. The first kappa shape index (κ1) is 30.4. The number of piperazine rings is 1. The van der Waals surface area contributed by atoms with Gasteiger partial charge < -0.3 is 9.80 Å². The van der Waals surface area contributed by atoms with Gasteiger partial charge in [0.2, 0.25) is 5.91 Å². The normalized spacial score (nSPS) is 25.3. The molecule has 3 aliphatic rings. The Morgan fingerprint density at radius 2 is 1.64 bits per heavy atom. The zero-order valence-electron chi connectivity index (χ0n) is 25.1. The maximum Gasteiger partial charge on any atom is 0.226 e. The fourth-order valence-electron chi connectivity index (χ4n) is 7.31. The van der Waals surface area contributed by atoms with Crippen molar-refractivity contribution in [1.82, 2.24) is 19.6 Å². The standard InChI is InChI=1S/C32H52F2N4O/c1-6-35(7-2)23-30(24-11-9-8-10-12-24)36-17-19-37(20-18-36)31(39)27-15-16-38(32(3,4)5)22-28(27)26-14-13-25(33)21-29(26)34/h13-14,21,24,27-28,30H,6-12,15-20,22-23H2,1-5H3. The minimum absolute atomic E-state index is 0.0760. The summed E-state index contributed by atoms with van der Waals surface area (Å²) < 4.78 is 28.8. The van der Waals surface area contributed by atoms with Gasteiger partial charge in [-0.25, -0.2) is 8.78 Å². The van der Waals surface area contributed by atoms with Gasteiger partial charge in [0.25, 0.3) is 0 Å². The van der Waals surface area contributed by atoms with E-state index in [0.29, 0.717) is 24.6 Å². The Bertz CT molecular complexity index is 933. The van der Waals surface area contributed by atoms with E-state index in [1.54, 1.807) is 6.07 Å². The number of piperidine rings is 1. The summed E-state index contributed by atoms with van der Waals surface area (Å²) in [6.45, 7) is 19.0. The van der Waals surface area contributed by atoms with Crippen molar-refractivity contribution < 1.29 is 13.6 Å². The monoisotopic (exact) mass is 546 g/mol. The lowest BCUT2D eigenvalue weighted by Gasteiger charge is -2.48. The second-order valence-corrected chi connectivity index (χ2v) is 13.1. The number of amides is 1. The summed E-state index contributed by atoms with van der Waals surface area (Å²) >= 11 is 0. The SMILES string of the molecule is CCN(CC)CC(C1CCCCC1)N1CCN(C(=O)C2CCN(C(C)(C)C)CC2c2ccc(F)cc2F)CC1. The molecule has 0 spiro atoms. The smallest absolute Gasteiger partial charge is 0.226 e. The van der Waals surface area contributed by atoms with E-state index in [1.165, 1.54) is 38.2 Å². The summed E-state index contributed by atoms with van der Waals surface area (Å²) in [4.78, 5) is 23.6. The quantitative estimate of drug-likeness (QED) is 0.424. The Hall–Kier alpha value is -1.57. The first-order chi connectivity index (χ1) is 18.6. The van der Waals surface area contributed by atoms with E-state index in [-0.39, 0.29) is 23.3 Å². The highest BCUT2D eigenvalue weighted by molar-refractivity contribution is 5.80. The number of carbonyl (C=O) groups excluding carboxylic acids is 1. The molecule has 1 aliphatic carbocycles. The molecule has 39 heavy (non-hydrogen) atoms. The van der Waals surface area contributed by atoms with Gasteiger partial charge in [-0.1, -0.05) is 39.2 Å². The molecule has 5 nitrogen and oxygen atoms in total. The van der Waals surface area contributed by atoms with Crippen LogP contribution in [-0.4, -0.2) is 96.0 Å². The van der Waals surface area contributed by atoms with Gasteiger partial charge in [0, 0.05) is 68.8 Å². The predicted molar refractivity (Wildman–Crippen MR) is 155 cm³/mol. The highest BCUT2D eigenvalue weighted by Gasteiger charge is 2.42. The van der Waals surface area contributed by atoms with Gasteiger partial charge in [-0.15, -0.1) is 0 Å². The lowest BCUT2D eigenvalue weighted by Crippen LogP contribution is -2.58. The average Bonchev–Trinajstić information content (AvgIpc) is 2.93. The molecule has 2 aliphatic heterocycles. The van der Waals surface area contributed by atoms with Gasteiger partial charge >= 0.3 is 0 Å². The molecule has 0 radical (unpaired) electrons. The Kier molecular flexibility index (Phi) is 10.4. The molecule has 3 fully saturated rings. The highest BCUT2D eigenvalue weighted by Crippen LogP contribution is 2.38. The Balaban J connectivity index is 1.47. The van der Waals surface area contributed by atoms with Crippen LogP contribution in [0.4, 0.5) is 8.78 Å². The number of carbonyl (C=O) groups is 1. The zero-order chi connectivity index (χ0) is 28.2. The number of hydrogen-bond donors (Lipinski definition) is 0. The van der Waals surface area contributed by atoms with Crippen molar-refractivity contribution in [3.8, 4) is 0 Å². The number of benzene rings is 1. The zero-order valence-corrected chi connectivity index (χ0v) is 25.1. The summed E-state index contributed by atoms with van der Waals surface area (Å²) in [5.41, 5.74) is 0.395. The van der Waals surface area contributed by atoms with Gasteiger partial charge in [-0.3, -0.25) is 14.6 Å². The van der Waals surface area contributed by atoms with Crippen molar-refractivity contribution in [1.29, 1.82) is 0 Å². The van der Waals surface area contributed by atoms with Gasteiger partial charge in [0.05, 0.1) is 0 Å². The third kappa shape index (κ3) is 7.39. The van der Waals surface area contributed by atoms with Crippen LogP contribution in [-0.2, 0) is 4.79 Å². The molecule has 220 valence electrons. The summed E-state index contributed by atoms with van der Waals surface area (Å²) in [7, 11) is 0. The number of likely N-dealkylation sites (tertiary alicyclic amines) is 1. The Morgan fingerprint density at radius 3 is 2.23 bits per heavy atom. The van der Waals surface area contributed by atoms with Crippen LogP contribution in [0.25, 0.3) is 0 Å². The van der Waals surface area contributed by atoms with Crippen molar-refractivity contribution in [2.45, 2.75) is 90.6 Å². The number of hydrogen-bond acceptors (Lipinski definition) is 4. The van der Waals surface area contributed by atoms with Crippen LogP contribution in [0.3, 0.4) is 0 Å². The molecular weight excluding hydrogens is 494 g/mol. The number of nitrogens with zero attached hydrogens (tertiary/aromatic N) is 4. The molecule has 1 saturated carbocycles. The molecule has 0 bridgehead atoms. The predicted octanol–water partition coefficient (Wildman–Crippen LogP) is 5.60. The van der Waals surface area contributed by atoms with Crippen molar-refractivity contribution in [3.05, 3.63) is 35.4 Å². The van der Waals surface area contributed by atoms with Crippen LogP contribution in [0.1, 0.15) is 84.6 Å². The van der Waals surface area contributed by atoms with Crippen LogP contribution < -0.4 is 0 Å².